The predicted molar refractivity (Wildman–Crippen MR) is 52.5 cm³/mol. The fraction of sp³-hybridized carbons (Fsp3) is 0.182. The number of carbonyl (C=O) groups excluding carboxylic acids is 1. The van der Waals surface area contributed by atoms with Crippen LogP contribution in [0.1, 0.15) is 11.7 Å². The van der Waals surface area contributed by atoms with Crippen molar-refractivity contribution in [2.45, 2.75) is 6.10 Å². The van der Waals surface area contributed by atoms with Crippen LogP contribution in [0.5, 0.6) is 0 Å². The van der Waals surface area contributed by atoms with Crippen LogP contribution >= 0.6 is 0 Å². The Morgan fingerprint density at radius 2 is 2.06 bits per heavy atom. The minimum atomic E-state index is -1.41. The standard InChI is InChI=1S/C11H10F2O3/c1-6(11(15)16-2)10(14)7-3-4-8(12)9(13)5-7/h3-5,10,14H,1H2,2H3/t10-/m0/s1. The van der Waals surface area contributed by atoms with Gasteiger partial charge >= 0.3 is 5.97 Å². The molecular weight excluding hydrogens is 218 g/mol. The topological polar surface area (TPSA) is 46.5 Å². The fourth-order valence-corrected chi connectivity index (χ4v) is 1.13. The van der Waals surface area contributed by atoms with Crippen LogP contribution in [0.4, 0.5) is 8.78 Å². The number of carbonyl (C=O) groups is 1. The largest absolute Gasteiger partial charge is 0.466 e. The zero-order valence-electron chi connectivity index (χ0n) is 8.54. The van der Waals surface area contributed by atoms with Crippen molar-refractivity contribution in [2.24, 2.45) is 0 Å². The minimum Gasteiger partial charge on any atom is -0.466 e. The minimum absolute atomic E-state index is 0.0364. The molecule has 0 unspecified atom stereocenters. The SMILES string of the molecule is C=C(C(=O)OC)[C@H](O)c1ccc(F)c(F)c1. The molecule has 0 aromatic heterocycles. The lowest BCUT2D eigenvalue weighted by molar-refractivity contribution is -0.137. The number of rotatable bonds is 3. The summed E-state index contributed by atoms with van der Waals surface area (Å²) in [5, 5.41) is 9.62. The molecule has 0 spiro atoms. The van der Waals surface area contributed by atoms with Gasteiger partial charge in [0, 0.05) is 0 Å². The maximum absolute atomic E-state index is 12.9. The molecule has 1 aromatic rings. The molecule has 16 heavy (non-hydrogen) atoms. The summed E-state index contributed by atoms with van der Waals surface area (Å²) in [4.78, 5) is 11.0. The summed E-state index contributed by atoms with van der Waals surface area (Å²) >= 11 is 0. The molecule has 86 valence electrons. The van der Waals surface area contributed by atoms with E-state index in [1.807, 2.05) is 0 Å². The first kappa shape index (κ1) is 12.3. The first-order valence-electron chi connectivity index (χ1n) is 4.37. The molecule has 1 aromatic carbocycles. The third-order valence-corrected chi connectivity index (χ3v) is 2.04. The number of hydrogen-bond donors (Lipinski definition) is 1. The zero-order valence-corrected chi connectivity index (χ0v) is 8.54. The van der Waals surface area contributed by atoms with Crippen molar-refractivity contribution in [1.29, 1.82) is 0 Å². The maximum atomic E-state index is 12.9. The molecular formula is C11H10F2O3. The molecule has 3 nitrogen and oxygen atoms in total. The Bertz CT molecular complexity index is 429. The van der Waals surface area contributed by atoms with E-state index in [4.69, 9.17) is 0 Å². The maximum Gasteiger partial charge on any atom is 0.336 e. The van der Waals surface area contributed by atoms with Gasteiger partial charge in [0.2, 0.25) is 0 Å². The van der Waals surface area contributed by atoms with E-state index in [1.165, 1.54) is 0 Å². The van der Waals surface area contributed by atoms with Gasteiger partial charge in [-0.2, -0.15) is 0 Å². The van der Waals surface area contributed by atoms with Crippen molar-refractivity contribution in [3.63, 3.8) is 0 Å². The Morgan fingerprint density at radius 3 is 2.56 bits per heavy atom. The average Bonchev–Trinajstić information content (AvgIpc) is 2.29. The zero-order chi connectivity index (χ0) is 12.3. The molecule has 5 heteroatoms. The predicted octanol–water partition coefficient (Wildman–Crippen LogP) is 1.73. The van der Waals surface area contributed by atoms with Crippen molar-refractivity contribution < 1.29 is 23.4 Å². The molecule has 0 aliphatic carbocycles. The number of benzene rings is 1. The van der Waals surface area contributed by atoms with E-state index < -0.39 is 23.7 Å². The van der Waals surface area contributed by atoms with Crippen molar-refractivity contribution >= 4 is 5.97 Å². The summed E-state index contributed by atoms with van der Waals surface area (Å²) in [6, 6.07) is 2.82. The summed E-state index contributed by atoms with van der Waals surface area (Å²) in [5.74, 6) is -2.94. The summed E-state index contributed by atoms with van der Waals surface area (Å²) in [6.07, 6.45) is -1.41. The van der Waals surface area contributed by atoms with E-state index in [0.717, 1.165) is 25.3 Å². The number of methoxy groups -OCH3 is 1. The Balaban J connectivity index is 2.96. The van der Waals surface area contributed by atoms with Crippen LogP contribution in [-0.4, -0.2) is 18.2 Å². The third-order valence-electron chi connectivity index (χ3n) is 2.04. The smallest absolute Gasteiger partial charge is 0.336 e. The van der Waals surface area contributed by atoms with Crippen LogP contribution in [0.15, 0.2) is 30.4 Å². The summed E-state index contributed by atoms with van der Waals surface area (Å²) < 4.78 is 29.8. The number of halogens is 2. The van der Waals surface area contributed by atoms with Crippen LogP contribution < -0.4 is 0 Å². The first-order valence-corrected chi connectivity index (χ1v) is 4.37. The second-order valence-electron chi connectivity index (χ2n) is 3.09. The van der Waals surface area contributed by atoms with E-state index in [-0.39, 0.29) is 11.1 Å². The van der Waals surface area contributed by atoms with Crippen molar-refractivity contribution in [3.8, 4) is 0 Å². The van der Waals surface area contributed by atoms with Crippen LogP contribution in [0, 0.1) is 11.6 Å². The lowest BCUT2D eigenvalue weighted by Crippen LogP contribution is -2.12. The van der Waals surface area contributed by atoms with Gasteiger partial charge in [0.15, 0.2) is 11.6 Å². The molecule has 0 bridgehead atoms. The Kier molecular flexibility index (Phi) is 3.73. The number of aliphatic hydroxyl groups is 1. The van der Waals surface area contributed by atoms with Gasteiger partial charge in [0.1, 0.15) is 6.10 Å². The van der Waals surface area contributed by atoms with Crippen LogP contribution in [-0.2, 0) is 9.53 Å². The quantitative estimate of drug-likeness (QED) is 0.633. The molecule has 1 rings (SSSR count). The second kappa shape index (κ2) is 4.85. The van der Waals surface area contributed by atoms with E-state index in [2.05, 4.69) is 11.3 Å². The van der Waals surface area contributed by atoms with Gasteiger partial charge in [-0.15, -0.1) is 0 Å². The highest BCUT2D eigenvalue weighted by molar-refractivity contribution is 5.88. The number of aliphatic hydroxyl groups excluding tert-OH is 1. The number of ether oxygens (including phenoxy) is 1. The highest BCUT2D eigenvalue weighted by Crippen LogP contribution is 2.22. The van der Waals surface area contributed by atoms with E-state index in [0.29, 0.717) is 0 Å². The third kappa shape index (κ3) is 2.43. The normalized spacial score (nSPS) is 12.0. The molecule has 0 fully saturated rings. The van der Waals surface area contributed by atoms with Crippen molar-refractivity contribution in [1.82, 2.24) is 0 Å². The summed E-state index contributed by atoms with van der Waals surface area (Å²) in [7, 11) is 1.13. The Morgan fingerprint density at radius 1 is 1.44 bits per heavy atom. The van der Waals surface area contributed by atoms with Gasteiger partial charge in [0.25, 0.3) is 0 Å². The van der Waals surface area contributed by atoms with Gasteiger partial charge < -0.3 is 9.84 Å². The lowest BCUT2D eigenvalue weighted by Gasteiger charge is -2.12. The summed E-state index contributed by atoms with van der Waals surface area (Å²) in [5.41, 5.74) is -0.206. The molecule has 1 N–H and O–H groups in total. The highest BCUT2D eigenvalue weighted by atomic mass is 19.2. The molecule has 0 aliphatic heterocycles. The molecule has 0 saturated carbocycles. The van der Waals surface area contributed by atoms with Gasteiger partial charge in [0.05, 0.1) is 12.7 Å². The lowest BCUT2D eigenvalue weighted by atomic mass is 10.0. The fourth-order valence-electron chi connectivity index (χ4n) is 1.13. The van der Waals surface area contributed by atoms with E-state index >= 15 is 0 Å². The van der Waals surface area contributed by atoms with E-state index in [9.17, 15) is 18.7 Å². The van der Waals surface area contributed by atoms with Crippen molar-refractivity contribution in [2.75, 3.05) is 7.11 Å². The molecule has 0 aliphatic rings. The van der Waals surface area contributed by atoms with Gasteiger partial charge in [-0.1, -0.05) is 12.6 Å². The second-order valence-corrected chi connectivity index (χ2v) is 3.09. The number of esters is 1. The summed E-state index contributed by atoms with van der Waals surface area (Å²) in [6.45, 7) is 3.31. The first-order chi connectivity index (χ1) is 7.47. The molecule has 0 amide bonds. The van der Waals surface area contributed by atoms with Gasteiger partial charge in [-0.25, -0.2) is 13.6 Å². The van der Waals surface area contributed by atoms with Crippen LogP contribution in [0.25, 0.3) is 0 Å². The highest BCUT2D eigenvalue weighted by Gasteiger charge is 2.19. The van der Waals surface area contributed by atoms with Crippen LogP contribution in [0.3, 0.4) is 0 Å². The van der Waals surface area contributed by atoms with Crippen LogP contribution in [0.2, 0.25) is 0 Å². The average molecular weight is 228 g/mol. The number of hydrogen-bond acceptors (Lipinski definition) is 3. The molecule has 0 heterocycles. The molecule has 0 saturated heterocycles. The van der Waals surface area contributed by atoms with Crippen molar-refractivity contribution in [3.05, 3.63) is 47.5 Å². The Labute approximate surface area is 91.0 Å². The van der Waals surface area contributed by atoms with Gasteiger partial charge in [-0.05, 0) is 17.7 Å². The Hall–Kier alpha value is -1.75. The molecule has 1 atom stereocenters. The molecule has 0 radical (unpaired) electrons. The van der Waals surface area contributed by atoms with Gasteiger partial charge in [-0.3, -0.25) is 0 Å². The monoisotopic (exact) mass is 228 g/mol. The van der Waals surface area contributed by atoms with E-state index in [1.54, 1.807) is 0 Å².